The van der Waals surface area contributed by atoms with Crippen molar-refractivity contribution in [3.05, 3.63) is 29.8 Å². The first-order valence-electron chi connectivity index (χ1n) is 10.1. The van der Waals surface area contributed by atoms with Gasteiger partial charge in [0.2, 0.25) is 12.5 Å². The average Bonchev–Trinajstić information content (AvgIpc) is 2.76. The van der Waals surface area contributed by atoms with Gasteiger partial charge in [-0.1, -0.05) is 25.0 Å². The lowest BCUT2D eigenvalue weighted by molar-refractivity contribution is -0.277. The Morgan fingerprint density at radius 3 is 2.40 bits per heavy atom. The van der Waals surface area contributed by atoms with Crippen LogP contribution in [0.1, 0.15) is 37.4 Å². The number of aliphatic hydroxyl groups is 4. The highest BCUT2D eigenvalue weighted by molar-refractivity contribution is 5.82. The summed E-state index contributed by atoms with van der Waals surface area (Å²) in [6.07, 6.45) is -5.30. The fraction of sp³-hybridized carbons (Fsp3) is 0.650. The van der Waals surface area contributed by atoms with E-state index in [0.29, 0.717) is 13.1 Å². The summed E-state index contributed by atoms with van der Waals surface area (Å²) in [6, 6.07) is 5.52. The molecule has 0 unspecified atom stereocenters. The van der Waals surface area contributed by atoms with E-state index in [2.05, 4.69) is 5.32 Å². The number of carbonyl (C=O) groups excluding carboxylic acids is 1. The van der Waals surface area contributed by atoms with Crippen LogP contribution in [0.2, 0.25) is 0 Å². The number of benzene rings is 1. The summed E-state index contributed by atoms with van der Waals surface area (Å²) >= 11 is 0. The number of nitrogens with two attached hydrogens (primary N) is 1. The van der Waals surface area contributed by atoms with Crippen LogP contribution in [0.3, 0.4) is 0 Å². The van der Waals surface area contributed by atoms with E-state index in [-0.39, 0.29) is 11.3 Å². The number of amides is 1. The summed E-state index contributed by atoms with van der Waals surface area (Å²) < 4.78 is 25.1. The average molecular weight is 430 g/mol. The lowest BCUT2D eigenvalue weighted by Gasteiger charge is -2.39. The van der Waals surface area contributed by atoms with Crippen LogP contribution >= 0.6 is 0 Å². The predicted molar refractivity (Wildman–Crippen MR) is 105 cm³/mol. The molecule has 1 fully saturated rings. The number of aliphatic hydroxyl groups excluding tert-OH is 4. The van der Waals surface area contributed by atoms with Gasteiger partial charge in [0.25, 0.3) is 5.91 Å². The number of nitrogens with one attached hydrogen (secondary N) is 1. The number of halogens is 1. The van der Waals surface area contributed by atoms with E-state index in [4.69, 9.17) is 15.2 Å². The third kappa shape index (κ3) is 6.59. The first-order valence-corrected chi connectivity index (χ1v) is 10.1. The molecule has 6 atom stereocenters. The van der Waals surface area contributed by atoms with Gasteiger partial charge in [0.1, 0.15) is 30.2 Å². The van der Waals surface area contributed by atoms with Crippen molar-refractivity contribution in [2.45, 2.75) is 62.6 Å². The van der Waals surface area contributed by atoms with Gasteiger partial charge in [0.15, 0.2) is 0 Å². The molecule has 1 amide bonds. The largest absolute Gasteiger partial charge is 0.462 e. The maximum Gasteiger partial charge on any atom is 0.259 e. The number of alkyl halides is 1. The van der Waals surface area contributed by atoms with Gasteiger partial charge in [-0.3, -0.25) is 4.79 Å². The van der Waals surface area contributed by atoms with E-state index >= 15 is 0 Å². The second kappa shape index (κ2) is 12.1. The van der Waals surface area contributed by atoms with Gasteiger partial charge in [-0.05, 0) is 37.1 Å². The van der Waals surface area contributed by atoms with Crippen molar-refractivity contribution in [1.29, 1.82) is 0 Å². The molecular formula is C20H31FN2O7. The van der Waals surface area contributed by atoms with Crippen LogP contribution in [0.25, 0.3) is 0 Å². The number of hydrogen-bond donors (Lipinski definition) is 6. The standard InChI is InChI=1S/C20H31FN2O7/c21-15(19(28)23-10-4-2-1-3-9-22)12-5-7-13(8-6-12)29-20-18(27)17(26)16(25)14(11-24)30-20/h5-8,14-18,20,24-27H,1-4,9-11,22H2,(H,23,28)/t14-,15-,16+,17+,18-,20-/m1/s1. The Kier molecular flexibility index (Phi) is 9.89. The summed E-state index contributed by atoms with van der Waals surface area (Å²) in [6.45, 7) is 0.451. The quantitative estimate of drug-likeness (QED) is 0.257. The molecule has 1 aromatic rings. The molecule has 0 spiro atoms. The van der Waals surface area contributed by atoms with Crippen molar-refractivity contribution in [1.82, 2.24) is 5.32 Å². The molecule has 1 aliphatic rings. The molecule has 1 saturated heterocycles. The van der Waals surface area contributed by atoms with Gasteiger partial charge in [-0.2, -0.15) is 0 Å². The number of hydrogen-bond acceptors (Lipinski definition) is 8. The normalized spacial score (nSPS) is 27.5. The molecule has 0 bridgehead atoms. The second-order valence-electron chi connectivity index (χ2n) is 7.24. The Morgan fingerprint density at radius 1 is 1.10 bits per heavy atom. The zero-order chi connectivity index (χ0) is 22.1. The van der Waals surface area contributed by atoms with Crippen molar-refractivity contribution in [2.75, 3.05) is 19.7 Å². The molecule has 1 aliphatic heterocycles. The van der Waals surface area contributed by atoms with Crippen molar-refractivity contribution >= 4 is 5.91 Å². The SMILES string of the molecule is NCCCCCCNC(=O)[C@H](F)c1ccc(O[C@@H]2O[C@H](CO)[C@H](O)[C@H](O)[C@H]2O)cc1. The van der Waals surface area contributed by atoms with E-state index in [1.54, 1.807) is 0 Å². The highest BCUT2D eigenvalue weighted by Gasteiger charge is 2.44. The van der Waals surface area contributed by atoms with Gasteiger partial charge in [-0.25, -0.2) is 4.39 Å². The molecule has 30 heavy (non-hydrogen) atoms. The van der Waals surface area contributed by atoms with Gasteiger partial charge in [0.05, 0.1) is 6.61 Å². The van der Waals surface area contributed by atoms with Gasteiger partial charge < -0.3 is 41.0 Å². The van der Waals surface area contributed by atoms with Crippen molar-refractivity contribution in [3.8, 4) is 5.75 Å². The van der Waals surface area contributed by atoms with Crippen molar-refractivity contribution < 1.29 is 39.1 Å². The molecule has 7 N–H and O–H groups in total. The van der Waals surface area contributed by atoms with Crippen molar-refractivity contribution in [3.63, 3.8) is 0 Å². The van der Waals surface area contributed by atoms with E-state index in [1.165, 1.54) is 24.3 Å². The fourth-order valence-corrected chi connectivity index (χ4v) is 3.09. The number of rotatable bonds is 11. The minimum atomic E-state index is -1.84. The maximum atomic E-state index is 14.4. The highest BCUT2D eigenvalue weighted by Crippen LogP contribution is 2.26. The van der Waals surface area contributed by atoms with E-state index in [1.807, 2.05) is 0 Å². The molecule has 0 aliphatic carbocycles. The van der Waals surface area contributed by atoms with E-state index < -0.39 is 49.4 Å². The molecule has 1 aromatic carbocycles. The molecule has 2 rings (SSSR count). The highest BCUT2D eigenvalue weighted by atomic mass is 19.1. The zero-order valence-electron chi connectivity index (χ0n) is 16.7. The number of unbranched alkanes of at least 4 members (excludes halogenated alkanes) is 3. The lowest BCUT2D eigenvalue weighted by atomic mass is 9.99. The molecule has 10 heteroatoms. The summed E-state index contributed by atoms with van der Waals surface area (Å²) in [5.74, 6) is -0.535. The Bertz CT molecular complexity index is 647. The summed E-state index contributed by atoms with van der Waals surface area (Å²) in [4.78, 5) is 11.9. The zero-order valence-corrected chi connectivity index (χ0v) is 16.7. The Labute approximate surface area is 174 Å². The molecule has 1 heterocycles. The van der Waals surface area contributed by atoms with Crippen LogP contribution in [0.4, 0.5) is 4.39 Å². The third-order valence-corrected chi connectivity index (χ3v) is 4.93. The van der Waals surface area contributed by atoms with Gasteiger partial charge >= 0.3 is 0 Å². The maximum absolute atomic E-state index is 14.4. The fourth-order valence-electron chi connectivity index (χ4n) is 3.09. The topological polar surface area (TPSA) is 154 Å². The van der Waals surface area contributed by atoms with Gasteiger partial charge in [0, 0.05) is 6.54 Å². The summed E-state index contributed by atoms with van der Waals surface area (Å²) in [7, 11) is 0. The van der Waals surface area contributed by atoms with E-state index in [0.717, 1.165) is 25.7 Å². The Balaban J connectivity index is 1.86. The minimum absolute atomic E-state index is 0.136. The molecule has 0 aromatic heterocycles. The lowest BCUT2D eigenvalue weighted by Crippen LogP contribution is -2.60. The van der Waals surface area contributed by atoms with Crippen LogP contribution < -0.4 is 15.8 Å². The third-order valence-electron chi connectivity index (χ3n) is 4.93. The van der Waals surface area contributed by atoms with E-state index in [9.17, 15) is 29.6 Å². The van der Waals surface area contributed by atoms with Crippen LogP contribution in [0, 0.1) is 0 Å². The number of carbonyl (C=O) groups is 1. The smallest absolute Gasteiger partial charge is 0.259 e. The van der Waals surface area contributed by atoms with Crippen LogP contribution in [0.15, 0.2) is 24.3 Å². The molecule has 170 valence electrons. The molecular weight excluding hydrogens is 399 g/mol. The van der Waals surface area contributed by atoms with Gasteiger partial charge in [-0.15, -0.1) is 0 Å². The monoisotopic (exact) mass is 430 g/mol. The Hall–Kier alpha value is -1.82. The Morgan fingerprint density at radius 2 is 1.77 bits per heavy atom. The number of ether oxygens (including phenoxy) is 2. The predicted octanol–water partition coefficient (Wildman–Crippen LogP) is -0.489. The molecule has 0 radical (unpaired) electrons. The van der Waals surface area contributed by atoms with Crippen LogP contribution in [-0.4, -0.2) is 76.7 Å². The summed E-state index contributed by atoms with van der Waals surface area (Å²) in [5.41, 5.74) is 5.55. The first kappa shape index (κ1) is 24.4. The van der Waals surface area contributed by atoms with Crippen LogP contribution in [0.5, 0.6) is 5.75 Å². The first-order chi connectivity index (χ1) is 14.4. The molecule has 0 saturated carbocycles. The minimum Gasteiger partial charge on any atom is -0.462 e. The van der Waals surface area contributed by atoms with Crippen LogP contribution in [-0.2, 0) is 9.53 Å². The molecule has 9 nitrogen and oxygen atoms in total. The summed E-state index contributed by atoms with van der Waals surface area (Å²) in [5, 5.41) is 41.3. The second-order valence-corrected chi connectivity index (χ2v) is 7.24. The van der Waals surface area contributed by atoms with Crippen molar-refractivity contribution in [2.24, 2.45) is 5.73 Å².